The van der Waals surface area contributed by atoms with E-state index in [0.29, 0.717) is 46.2 Å². The lowest BCUT2D eigenvalue weighted by Crippen LogP contribution is -2.20. The lowest BCUT2D eigenvalue weighted by molar-refractivity contribution is -0.136. The molecule has 0 bridgehead atoms. The first kappa shape index (κ1) is 25.9. The molecule has 2 heterocycles. The van der Waals surface area contributed by atoms with E-state index in [9.17, 15) is 14.3 Å². The normalized spacial score (nSPS) is 14.7. The Labute approximate surface area is 227 Å². The molecule has 38 heavy (non-hydrogen) atoms. The summed E-state index contributed by atoms with van der Waals surface area (Å²) in [6.07, 6.45) is 2.55. The topological polar surface area (TPSA) is 76.7 Å². The van der Waals surface area contributed by atoms with Gasteiger partial charge in [-0.15, -0.1) is 10.5 Å². The summed E-state index contributed by atoms with van der Waals surface area (Å²) in [6.45, 7) is 0.835. The van der Waals surface area contributed by atoms with Crippen molar-refractivity contribution in [3.05, 3.63) is 112 Å². The Bertz CT molecular complexity index is 1590. The van der Waals surface area contributed by atoms with Gasteiger partial charge in [-0.2, -0.15) is 0 Å². The van der Waals surface area contributed by atoms with Crippen molar-refractivity contribution in [1.82, 2.24) is 9.55 Å². The van der Waals surface area contributed by atoms with Gasteiger partial charge in [-0.25, -0.2) is 14.4 Å². The number of aliphatic carboxylic acids is 1. The summed E-state index contributed by atoms with van der Waals surface area (Å²) in [7, 11) is -0.323. The van der Waals surface area contributed by atoms with Crippen LogP contribution in [0.15, 0.2) is 89.1 Å². The number of carboxylic acid groups (broad SMARTS) is 1. The number of hydrogen-bond acceptors (Lipinski definition) is 4. The largest absolute Gasteiger partial charge is 0.487 e. The van der Waals surface area contributed by atoms with Gasteiger partial charge in [0.2, 0.25) is 0 Å². The molecular formula is C29H25ClFN3O3S. The fourth-order valence-corrected chi connectivity index (χ4v) is 6.64. The minimum atomic E-state index is -0.803. The highest BCUT2D eigenvalue weighted by atomic mass is 35.5. The van der Waals surface area contributed by atoms with E-state index in [1.54, 1.807) is 36.7 Å². The number of fused-ring (bicyclic) bond motifs is 1. The van der Waals surface area contributed by atoms with Gasteiger partial charge in [0, 0.05) is 24.3 Å². The van der Waals surface area contributed by atoms with Crippen LogP contribution in [0.2, 0.25) is 5.02 Å². The van der Waals surface area contributed by atoms with Gasteiger partial charge in [0.25, 0.3) is 0 Å². The molecule has 4 aromatic rings. The maximum atomic E-state index is 13.4. The van der Waals surface area contributed by atoms with Gasteiger partial charge in [0.05, 0.1) is 28.5 Å². The molecule has 0 amide bonds. The van der Waals surface area contributed by atoms with Crippen molar-refractivity contribution in [3.8, 4) is 5.75 Å². The zero-order valence-electron chi connectivity index (χ0n) is 20.4. The number of aromatic nitrogens is 2. The Kier molecular flexibility index (Phi) is 8.00. The molecule has 0 radical (unpaired) electrons. The highest BCUT2D eigenvalue weighted by Gasteiger charge is 2.20. The van der Waals surface area contributed by atoms with Gasteiger partial charge in [0.15, 0.2) is 5.49 Å². The number of halogens is 2. The molecule has 1 N–H and O–H groups in total. The zero-order valence-corrected chi connectivity index (χ0v) is 22.0. The quantitative estimate of drug-likeness (QED) is 0.205. The van der Waals surface area contributed by atoms with Crippen molar-refractivity contribution in [1.29, 1.82) is 0 Å². The molecule has 1 aliphatic rings. The van der Waals surface area contributed by atoms with Gasteiger partial charge >= 0.3 is 5.97 Å². The average Bonchev–Trinajstić information content (AvgIpc) is 3.34. The van der Waals surface area contributed by atoms with Crippen LogP contribution in [0, 0.1) is 5.82 Å². The maximum Gasteiger partial charge on any atom is 0.304 e. The molecule has 0 fully saturated rings. The van der Waals surface area contributed by atoms with E-state index in [1.807, 2.05) is 18.2 Å². The maximum absolute atomic E-state index is 13.4. The number of nitrogens with zero attached hydrogens (tertiary/aromatic N) is 3. The third-order valence-corrected chi connectivity index (χ3v) is 8.50. The smallest absolute Gasteiger partial charge is 0.304 e. The van der Waals surface area contributed by atoms with Crippen LogP contribution in [-0.4, -0.2) is 31.7 Å². The van der Waals surface area contributed by atoms with E-state index in [-0.39, 0.29) is 29.3 Å². The summed E-state index contributed by atoms with van der Waals surface area (Å²) in [6, 6.07) is 21.6. The van der Waals surface area contributed by atoms with Gasteiger partial charge in [0.1, 0.15) is 18.2 Å². The van der Waals surface area contributed by atoms with E-state index in [1.165, 1.54) is 12.1 Å². The second-order valence-corrected chi connectivity index (χ2v) is 11.2. The first-order chi connectivity index (χ1) is 18.5. The molecule has 6 nitrogen and oxygen atoms in total. The Balaban J connectivity index is 1.43. The van der Waals surface area contributed by atoms with Crippen LogP contribution in [0.5, 0.6) is 5.75 Å². The molecule has 1 atom stereocenters. The first-order valence-corrected chi connectivity index (χ1v) is 13.9. The predicted octanol–water partition coefficient (Wildman–Crippen LogP) is 6.00. The van der Waals surface area contributed by atoms with Crippen molar-refractivity contribution in [2.24, 2.45) is 4.99 Å². The van der Waals surface area contributed by atoms with Crippen LogP contribution in [0.4, 0.5) is 10.1 Å². The lowest BCUT2D eigenvalue weighted by Gasteiger charge is -2.16. The number of benzene rings is 3. The summed E-state index contributed by atoms with van der Waals surface area (Å²) in [5.74, 6) is -0.0981. The number of hydrogen-bond donors (Lipinski definition) is 1. The van der Waals surface area contributed by atoms with Crippen LogP contribution in [-0.2, 0) is 24.4 Å². The van der Waals surface area contributed by atoms with Crippen molar-refractivity contribution in [2.75, 3.05) is 5.75 Å². The molecule has 1 unspecified atom stereocenters. The minimum absolute atomic E-state index is 0.103. The molecule has 0 saturated carbocycles. The van der Waals surface area contributed by atoms with Gasteiger partial charge in [-0.1, -0.05) is 59.4 Å². The van der Waals surface area contributed by atoms with Crippen LogP contribution >= 0.6 is 22.1 Å². The van der Waals surface area contributed by atoms with Crippen molar-refractivity contribution in [3.63, 3.8) is 0 Å². The standard InChI is InChI=1S/C29H25ClFN3O3S/c30-25-16-23(9-10-26(25)37-18-21-7-4-8-22(31)15-21)33-28-24-11-13-38(14-12-27(35)36)29(24)34(19-32-28)17-20-5-2-1-3-6-20/h1-10,13,15-16,19H,11-12,14,17-18H2,(H,35,36). The highest BCUT2D eigenvalue weighted by Crippen LogP contribution is 2.35. The molecule has 9 heteroatoms. The molecular weight excluding hydrogens is 525 g/mol. The molecule has 5 rings (SSSR count). The second-order valence-electron chi connectivity index (χ2n) is 8.76. The Hall–Kier alpha value is -3.75. The predicted molar refractivity (Wildman–Crippen MR) is 148 cm³/mol. The number of carbonyl (C=O) groups is 1. The lowest BCUT2D eigenvalue weighted by atomic mass is 10.2. The Morgan fingerprint density at radius 1 is 1.11 bits per heavy atom. The molecule has 3 aromatic carbocycles. The third kappa shape index (κ3) is 6.20. The average molecular weight is 550 g/mol. The highest BCUT2D eigenvalue weighted by molar-refractivity contribution is 8.15. The second kappa shape index (κ2) is 11.8. The van der Waals surface area contributed by atoms with Crippen LogP contribution in [0.3, 0.4) is 0 Å². The molecule has 0 spiro atoms. The van der Waals surface area contributed by atoms with Crippen molar-refractivity contribution < 1.29 is 19.0 Å². The zero-order chi connectivity index (χ0) is 26.5. The molecule has 1 aliphatic heterocycles. The SMILES string of the molecule is O=C(O)CCS1=CCc2c1n(Cc1ccccc1)cnc2=Nc1ccc(OCc2cccc(F)c2)c(Cl)c1. The summed E-state index contributed by atoms with van der Waals surface area (Å²) in [5, 5.41) is 12.9. The summed E-state index contributed by atoms with van der Waals surface area (Å²) in [5.41, 5.74) is 4.06. The van der Waals surface area contributed by atoms with Crippen LogP contribution in [0.25, 0.3) is 0 Å². The van der Waals surface area contributed by atoms with Gasteiger partial charge in [-0.05, 0) is 41.5 Å². The minimum Gasteiger partial charge on any atom is -0.487 e. The van der Waals surface area contributed by atoms with E-state index in [0.717, 1.165) is 16.2 Å². The molecule has 0 aliphatic carbocycles. The molecule has 0 saturated heterocycles. The summed E-state index contributed by atoms with van der Waals surface area (Å²) in [4.78, 5) is 20.7. The fraction of sp³-hybridized carbons (Fsp3) is 0.172. The van der Waals surface area contributed by atoms with E-state index < -0.39 is 5.97 Å². The Morgan fingerprint density at radius 3 is 2.68 bits per heavy atom. The fourth-order valence-electron chi connectivity index (χ4n) is 4.23. The molecule has 1 aromatic heterocycles. The third-order valence-electron chi connectivity index (χ3n) is 6.01. The van der Waals surface area contributed by atoms with Gasteiger partial charge in [-0.3, -0.25) is 4.79 Å². The first-order valence-electron chi connectivity index (χ1n) is 12.0. The number of carboxylic acids is 1. The van der Waals surface area contributed by atoms with E-state index >= 15 is 0 Å². The van der Waals surface area contributed by atoms with Crippen LogP contribution in [0.1, 0.15) is 23.1 Å². The molecule has 194 valence electrons. The van der Waals surface area contributed by atoms with Crippen molar-refractivity contribution >= 4 is 39.1 Å². The summed E-state index contributed by atoms with van der Waals surface area (Å²) < 4.78 is 21.3. The number of ether oxygens (including phenoxy) is 1. The van der Waals surface area contributed by atoms with Gasteiger partial charge < -0.3 is 14.4 Å². The van der Waals surface area contributed by atoms with E-state index in [4.69, 9.17) is 21.3 Å². The van der Waals surface area contributed by atoms with Crippen LogP contribution < -0.4 is 10.2 Å². The van der Waals surface area contributed by atoms with E-state index in [2.05, 4.69) is 27.1 Å². The summed E-state index contributed by atoms with van der Waals surface area (Å²) >= 11 is 6.48. The Morgan fingerprint density at radius 2 is 1.92 bits per heavy atom. The van der Waals surface area contributed by atoms with Crippen molar-refractivity contribution in [2.45, 2.75) is 31.0 Å². The number of rotatable bonds is 9. The monoisotopic (exact) mass is 549 g/mol.